The van der Waals surface area contributed by atoms with Gasteiger partial charge in [-0.15, -0.1) is 16.4 Å². The number of thioether (sulfide) groups is 1. The number of hydrogen-bond acceptors (Lipinski definition) is 10. The number of hydrogen-bond donors (Lipinski definition) is 2. The fraction of sp³-hybridized carbons (Fsp3) is 0.333. The molecule has 0 radical (unpaired) electrons. The van der Waals surface area contributed by atoms with Crippen LogP contribution in [0.3, 0.4) is 0 Å². The van der Waals surface area contributed by atoms with E-state index in [1.807, 2.05) is 11.4 Å². The monoisotopic (exact) mass is 645 g/mol. The van der Waals surface area contributed by atoms with Crippen molar-refractivity contribution >= 4 is 39.0 Å². The van der Waals surface area contributed by atoms with Crippen LogP contribution in [0.5, 0.6) is 0 Å². The number of rotatable bonds is 13. The highest BCUT2D eigenvalue weighted by molar-refractivity contribution is 9.10. The summed E-state index contributed by atoms with van der Waals surface area (Å²) < 4.78 is 55.4. The van der Waals surface area contributed by atoms with Gasteiger partial charge >= 0.3 is 0 Å². The van der Waals surface area contributed by atoms with Gasteiger partial charge in [-0.1, -0.05) is 17.0 Å². The molecular formula is C24H23BrF3N5O4S2. The van der Waals surface area contributed by atoms with Crippen molar-refractivity contribution in [1.82, 2.24) is 25.0 Å². The van der Waals surface area contributed by atoms with Crippen molar-refractivity contribution in [2.75, 3.05) is 6.61 Å². The molecule has 9 nitrogen and oxygen atoms in total. The second-order valence-corrected chi connectivity index (χ2v) is 11.3. The summed E-state index contributed by atoms with van der Waals surface area (Å²) in [5.74, 6) is -4.26. The average Bonchev–Trinajstić information content (AvgIpc) is 3.59. The zero-order valence-electron chi connectivity index (χ0n) is 20.3. The first-order valence-corrected chi connectivity index (χ1v) is 14.0. The van der Waals surface area contributed by atoms with Crippen molar-refractivity contribution in [3.05, 3.63) is 75.3 Å². The second kappa shape index (κ2) is 13.8. The van der Waals surface area contributed by atoms with Gasteiger partial charge in [0.25, 0.3) is 0 Å². The van der Waals surface area contributed by atoms with Crippen LogP contribution in [0.15, 0.2) is 57.7 Å². The Morgan fingerprint density at radius 3 is 2.56 bits per heavy atom. The maximum atomic E-state index is 13.8. The molecule has 0 fully saturated rings. The third-order valence-corrected chi connectivity index (χ3v) is 7.68. The van der Waals surface area contributed by atoms with Crippen LogP contribution in [0.1, 0.15) is 11.9 Å². The fourth-order valence-electron chi connectivity index (χ4n) is 3.39. The molecule has 2 unspecified atom stereocenters. The van der Waals surface area contributed by atoms with Crippen molar-refractivity contribution in [2.45, 2.75) is 48.7 Å². The van der Waals surface area contributed by atoms with Crippen LogP contribution in [0, 0.1) is 17.5 Å². The highest BCUT2D eigenvalue weighted by Gasteiger charge is 2.31. The molecule has 39 heavy (non-hydrogen) atoms. The summed E-state index contributed by atoms with van der Waals surface area (Å²) in [4.78, 5) is 9.13. The summed E-state index contributed by atoms with van der Waals surface area (Å²) in [6.07, 6.45) is 3.68. The van der Waals surface area contributed by atoms with E-state index in [-0.39, 0.29) is 24.4 Å². The Hall–Kier alpha value is -2.40. The molecule has 4 rings (SSSR count). The molecule has 3 heterocycles. The van der Waals surface area contributed by atoms with Gasteiger partial charge in [0.05, 0.1) is 32.1 Å². The van der Waals surface area contributed by atoms with Gasteiger partial charge in [0.15, 0.2) is 17.5 Å². The molecule has 1 aromatic carbocycles. The van der Waals surface area contributed by atoms with E-state index in [1.165, 1.54) is 40.9 Å². The van der Waals surface area contributed by atoms with E-state index >= 15 is 0 Å². The van der Waals surface area contributed by atoms with Crippen LogP contribution in [0.2, 0.25) is 0 Å². The van der Waals surface area contributed by atoms with Crippen LogP contribution in [0.25, 0.3) is 11.3 Å². The zero-order chi connectivity index (χ0) is 27.9. The van der Waals surface area contributed by atoms with Gasteiger partial charge in [0.2, 0.25) is 0 Å². The number of ether oxygens (including phenoxy) is 2. The van der Waals surface area contributed by atoms with E-state index in [1.54, 1.807) is 18.6 Å². The Bertz CT molecular complexity index is 1340. The molecule has 0 spiro atoms. The van der Waals surface area contributed by atoms with E-state index in [0.29, 0.717) is 5.01 Å². The molecule has 4 atom stereocenters. The average molecular weight is 647 g/mol. The third kappa shape index (κ3) is 8.06. The molecule has 0 saturated heterocycles. The molecule has 15 heteroatoms. The lowest BCUT2D eigenvalue weighted by Gasteiger charge is -2.31. The molecule has 208 valence electrons. The molecule has 0 aliphatic heterocycles. The summed E-state index contributed by atoms with van der Waals surface area (Å²) in [5.41, 5.74) is -0.666. The molecule has 2 N–H and O–H groups in total. The molecule has 0 aliphatic carbocycles. The topological polar surface area (TPSA) is 115 Å². The summed E-state index contributed by atoms with van der Waals surface area (Å²) >= 11 is 6.05. The Labute approximate surface area is 238 Å². The Kier molecular flexibility index (Phi) is 10.5. The Morgan fingerprint density at radius 1 is 1.15 bits per heavy atom. The molecular weight excluding hydrogens is 623 g/mol. The minimum Gasteiger partial charge on any atom is -0.394 e. The number of aromatic nitrogens is 5. The fourth-order valence-corrected chi connectivity index (χ4v) is 5.54. The quantitative estimate of drug-likeness (QED) is 0.124. The van der Waals surface area contributed by atoms with Gasteiger partial charge in [-0.3, -0.25) is 4.98 Å². The third-order valence-electron chi connectivity index (χ3n) is 5.35. The first kappa shape index (κ1) is 29.6. The van der Waals surface area contributed by atoms with E-state index < -0.39 is 47.8 Å². The lowest BCUT2D eigenvalue weighted by Crippen LogP contribution is -2.40. The Balaban J connectivity index is 1.63. The van der Waals surface area contributed by atoms with Gasteiger partial charge in [0, 0.05) is 38.9 Å². The highest BCUT2D eigenvalue weighted by Crippen LogP contribution is 2.32. The van der Waals surface area contributed by atoms with Crippen LogP contribution in [-0.4, -0.2) is 65.5 Å². The van der Waals surface area contributed by atoms with Crippen molar-refractivity contribution in [3.8, 4) is 11.3 Å². The standard InChI is InChI=1S/C24H23BrF3N5O4S2/c1-13(35)21(11-34)37-24(39-16-6-15(25)7-29-8-16)20(36-12-22-30-2-3-38-22)10-33-9-19(31-32-33)14-4-17(26)23(28)18(27)5-14/h2-9,13,20-21,24,34-35H,10-12H2,1H3/t13-,20+,21?,24?/m1/s1. The zero-order valence-corrected chi connectivity index (χ0v) is 23.5. The SMILES string of the molecule is C[C@@H](O)C(CO)OC(Sc1cncc(Br)c1)[C@H](Cn1cc(-c2cc(F)c(F)c(F)c2)nn1)OCc1nccs1. The number of pyridine rings is 1. The van der Waals surface area contributed by atoms with Crippen molar-refractivity contribution in [2.24, 2.45) is 0 Å². The predicted molar refractivity (Wildman–Crippen MR) is 141 cm³/mol. The van der Waals surface area contributed by atoms with E-state index in [4.69, 9.17) is 9.47 Å². The second-order valence-electron chi connectivity index (χ2n) is 8.28. The van der Waals surface area contributed by atoms with Gasteiger partial charge in [-0.2, -0.15) is 0 Å². The van der Waals surface area contributed by atoms with Crippen LogP contribution in [0.4, 0.5) is 13.2 Å². The molecule has 0 amide bonds. The number of thiazole rings is 1. The van der Waals surface area contributed by atoms with E-state index in [0.717, 1.165) is 21.5 Å². The smallest absolute Gasteiger partial charge is 0.194 e. The molecule has 0 bridgehead atoms. The minimum atomic E-state index is -1.57. The first-order valence-electron chi connectivity index (χ1n) is 11.5. The number of nitrogens with zero attached hydrogens (tertiary/aromatic N) is 5. The van der Waals surface area contributed by atoms with Crippen molar-refractivity contribution in [3.63, 3.8) is 0 Å². The van der Waals surface area contributed by atoms with Crippen molar-refractivity contribution in [1.29, 1.82) is 0 Å². The van der Waals surface area contributed by atoms with Crippen LogP contribution in [-0.2, 0) is 22.6 Å². The number of halogens is 4. The van der Waals surface area contributed by atoms with E-state index in [9.17, 15) is 23.4 Å². The number of benzene rings is 1. The molecule has 4 aromatic rings. The maximum absolute atomic E-state index is 13.8. The summed E-state index contributed by atoms with van der Waals surface area (Å²) in [5, 5.41) is 30.5. The van der Waals surface area contributed by atoms with E-state index in [2.05, 4.69) is 36.2 Å². The Morgan fingerprint density at radius 2 is 1.92 bits per heavy atom. The number of aliphatic hydroxyl groups is 2. The van der Waals surface area contributed by atoms with Gasteiger partial charge < -0.3 is 19.7 Å². The summed E-state index contributed by atoms with van der Waals surface area (Å²) in [6.45, 7) is 1.24. The van der Waals surface area contributed by atoms with Gasteiger partial charge in [-0.05, 0) is 41.1 Å². The molecule has 0 saturated carbocycles. The van der Waals surface area contributed by atoms with Crippen molar-refractivity contribution < 1.29 is 32.9 Å². The highest BCUT2D eigenvalue weighted by atomic mass is 79.9. The normalized spacial score (nSPS) is 14.7. The largest absolute Gasteiger partial charge is 0.394 e. The van der Waals surface area contributed by atoms with Gasteiger partial charge in [-0.25, -0.2) is 22.8 Å². The molecule has 0 aliphatic rings. The minimum absolute atomic E-state index is 0.00902. The maximum Gasteiger partial charge on any atom is 0.194 e. The van der Waals surface area contributed by atoms with Crippen LogP contribution < -0.4 is 0 Å². The molecule has 3 aromatic heterocycles. The first-order chi connectivity index (χ1) is 18.7. The van der Waals surface area contributed by atoms with Gasteiger partial charge in [0.1, 0.15) is 28.3 Å². The van der Waals surface area contributed by atoms with Crippen LogP contribution >= 0.6 is 39.0 Å². The summed E-state index contributed by atoms with van der Waals surface area (Å²) in [6, 6.07) is 3.49. The lowest BCUT2D eigenvalue weighted by molar-refractivity contribution is -0.115. The number of aliphatic hydroxyl groups excluding tert-OH is 2. The lowest BCUT2D eigenvalue weighted by atomic mass is 10.1. The predicted octanol–water partition coefficient (Wildman–Crippen LogP) is 4.44. The summed E-state index contributed by atoms with van der Waals surface area (Å²) in [7, 11) is 0.